The molecule has 0 bridgehead atoms. The Morgan fingerprint density at radius 3 is 2.20 bits per heavy atom. The van der Waals surface area contributed by atoms with Gasteiger partial charge in [-0.15, -0.1) is 0 Å². The van der Waals surface area contributed by atoms with Crippen molar-refractivity contribution in [2.75, 3.05) is 41.4 Å². The second-order valence-corrected chi connectivity index (χ2v) is 8.53. The van der Waals surface area contributed by atoms with Gasteiger partial charge in [-0.3, -0.25) is 9.59 Å². The number of aromatic amines is 1. The molecule has 186 valence electrons. The standard InChI is InChI=1S/C25H29N3O7/c1-13-17(14(2)26-19(13)25(33)35-6)21(29)18-20(15-7-9-16(10-8-15)24(32)34-5)28(12-11-27(3)4)23(31)22(18)30/h7-10,20,26,29H,11-12H2,1-6H3/t20-/m0/s1. The van der Waals surface area contributed by atoms with E-state index in [-0.39, 0.29) is 29.1 Å². The summed E-state index contributed by atoms with van der Waals surface area (Å²) in [5.41, 5.74) is 1.99. The summed E-state index contributed by atoms with van der Waals surface area (Å²) in [4.78, 5) is 56.4. The van der Waals surface area contributed by atoms with Crippen LogP contribution in [0.2, 0.25) is 0 Å². The predicted octanol–water partition coefficient (Wildman–Crippen LogP) is 2.19. The van der Waals surface area contributed by atoms with Gasteiger partial charge in [0, 0.05) is 24.3 Å². The van der Waals surface area contributed by atoms with Gasteiger partial charge >= 0.3 is 11.9 Å². The molecule has 1 saturated heterocycles. The molecule has 0 radical (unpaired) electrons. The Hall–Kier alpha value is -3.92. The summed E-state index contributed by atoms with van der Waals surface area (Å²) in [6.07, 6.45) is 0. The van der Waals surface area contributed by atoms with Gasteiger partial charge in [-0.25, -0.2) is 9.59 Å². The van der Waals surface area contributed by atoms with E-state index in [0.29, 0.717) is 28.9 Å². The second kappa shape index (κ2) is 10.1. The summed E-state index contributed by atoms with van der Waals surface area (Å²) >= 11 is 0. The normalized spacial score (nSPS) is 17.2. The molecule has 1 fully saturated rings. The van der Waals surface area contributed by atoms with Crippen LogP contribution in [0, 0.1) is 13.8 Å². The van der Waals surface area contributed by atoms with Crippen molar-refractivity contribution >= 4 is 29.4 Å². The minimum Gasteiger partial charge on any atom is -0.507 e. The van der Waals surface area contributed by atoms with Crippen LogP contribution < -0.4 is 0 Å². The van der Waals surface area contributed by atoms with Gasteiger partial charge in [0.1, 0.15) is 11.5 Å². The van der Waals surface area contributed by atoms with Crippen molar-refractivity contribution in [2.24, 2.45) is 0 Å². The fraction of sp³-hybridized carbons (Fsp3) is 0.360. The molecule has 1 aromatic heterocycles. The lowest BCUT2D eigenvalue weighted by molar-refractivity contribution is -0.140. The number of hydrogen-bond acceptors (Lipinski definition) is 8. The van der Waals surface area contributed by atoms with Crippen LogP contribution in [0.3, 0.4) is 0 Å². The van der Waals surface area contributed by atoms with Crippen LogP contribution in [-0.2, 0) is 19.1 Å². The summed E-state index contributed by atoms with van der Waals surface area (Å²) < 4.78 is 9.53. The van der Waals surface area contributed by atoms with E-state index in [1.165, 1.54) is 31.3 Å². The Morgan fingerprint density at radius 2 is 1.66 bits per heavy atom. The predicted molar refractivity (Wildman–Crippen MR) is 127 cm³/mol. The lowest BCUT2D eigenvalue weighted by Gasteiger charge is -2.26. The molecule has 1 aliphatic rings. The van der Waals surface area contributed by atoms with Gasteiger partial charge in [0.25, 0.3) is 11.7 Å². The van der Waals surface area contributed by atoms with Crippen molar-refractivity contribution in [1.82, 2.24) is 14.8 Å². The number of ketones is 1. The number of amides is 1. The Kier molecular flexibility index (Phi) is 7.45. The molecule has 0 spiro atoms. The van der Waals surface area contributed by atoms with Crippen LogP contribution in [0.15, 0.2) is 29.8 Å². The number of H-pyrrole nitrogens is 1. The molecule has 3 rings (SSSR count). The van der Waals surface area contributed by atoms with Crippen molar-refractivity contribution in [3.63, 3.8) is 0 Å². The molecule has 35 heavy (non-hydrogen) atoms. The third-order valence-corrected chi connectivity index (χ3v) is 6.04. The van der Waals surface area contributed by atoms with E-state index in [1.54, 1.807) is 26.0 Å². The fourth-order valence-corrected chi connectivity index (χ4v) is 4.23. The first kappa shape index (κ1) is 25.7. The number of aliphatic hydroxyl groups excluding tert-OH is 1. The first-order chi connectivity index (χ1) is 16.5. The van der Waals surface area contributed by atoms with Crippen molar-refractivity contribution in [1.29, 1.82) is 0 Å². The van der Waals surface area contributed by atoms with Crippen LogP contribution in [0.5, 0.6) is 0 Å². The maximum absolute atomic E-state index is 13.2. The topological polar surface area (TPSA) is 129 Å². The van der Waals surface area contributed by atoms with Crippen LogP contribution in [0.4, 0.5) is 0 Å². The Bertz CT molecular complexity index is 1210. The first-order valence-corrected chi connectivity index (χ1v) is 10.9. The number of nitrogens with zero attached hydrogens (tertiary/aromatic N) is 2. The zero-order valence-electron chi connectivity index (χ0n) is 20.6. The van der Waals surface area contributed by atoms with Crippen LogP contribution in [-0.4, -0.2) is 84.9 Å². The number of rotatable bonds is 7. The van der Waals surface area contributed by atoms with E-state index in [0.717, 1.165) is 0 Å². The van der Waals surface area contributed by atoms with Crippen LogP contribution >= 0.6 is 0 Å². The summed E-state index contributed by atoms with van der Waals surface area (Å²) in [5.74, 6) is -3.10. The van der Waals surface area contributed by atoms with Gasteiger partial charge in [-0.1, -0.05) is 12.1 Å². The molecule has 1 aliphatic heterocycles. The smallest absolute Gasteiger partial charge is 0.354 e. The number of benzene rings is 1. The number of aromatic nitrogens is 1. The Balaban J connectivity index is 2.21. The summed E-state index contributed by atoms with van der Waals surface area (Å²) in [6, 6.07) is 5.42. The Morgan fingerprint density at radius 1 is 1.06 bits per heavy atom. The highest BCUT2D eigenvalue weighted by atomic mass is 16.5. The van der Waals surface area contributed by atoms with E-state index in [9.17, 15) is 24.3 Å². The van der Waals surface area contributed by atoms with Gasteiger partial charge in [-0.05, 0) is 51.2 Å². The molecule has 2 aromatic rings. The summed E-state index contributed by atoms with van der Waals surface area (Å²) in [6.45, 7) is 3.98. The van der Waals surface area contributed by atoms with E-state index >= 15 is 0 Å². The monoisotopic (exact) mass is 483 g/mol. The maximum Gasteiger partial charge on any atom is 0.354 e. The van der Waals surface area contributed by atoms with E-state index in [2.05, 4.69) is 4.98 Å². The molecule has 1 aromatic carbocycles. The summed E-state index contributed by atoms with van der Waals surface area (Å²) in [7, 11) is 6.21. The number of carbonyl (C=O) groups is 4. The molecule has 0 aliphatic carbocycles. The van der Waals surface area contributed by atoms with Crippen molar-refractivity contribution in [3.8, 4) is 0 Å². The number of nitrogens with one attached hydrogen (secondary N) is 1. The molecule has 2 heterocycles. The number of aryl methyl sites for hydroxylation is 1. The molecule has 1 amide bonds. The minimum atomic E-state index is -0.892. The number of esters is 2. The number of likely N-dealkylation sites (N-methyl/N-ethyl adjacent to an activating group) is 1. The van der Waals surface area contributed by atoms with E-state index in [4.69, 9.17) is 9.47 Å². The van der Waals surface area contributed by atoms with Crippen LogP contribution in [0.25, 0.3) is 5.76 Å². The molecule has 10 heteroatoms. The lowest BCUT2D eigenvalue weighted by atomic mass is 9.93. The average Bonchev–Trinajstić information content (AvgIpc) is 3.28. The van der Waals surface area contributed by atoms with Crippen LogP contribution in [0.1, 0.15) is 49.3 Å². The van der Waals surface area contributed by atoms with Crippen molar-refractivity contribution in [3.05, 3.63) is 63.5 Å². The third kappa shape index (κ3) is 4.69. The maximum atomic E-state index is 13.2. The number of hydrogen-bond donors (Lipinski definition) is 2. The van der Waals surface area contributed by atoms with Gasteiger partial charge in [0.15, 0.2) is 0 Å². The first-order valence-electron chi connectivity index (χ1n) is 10.9. The molecular formula is C25H29N3O7. The van der Waals surface area contributed by atoms with Gasteiger partial charge in [0.05, 0.1) is 31.4 Å². The Labute approximate surface area is 203 Å². The van der Waals surface area contributed by atoms with Crippen molar-refractivity contribution in [2.45, 2.75) is 19.9 Å². The highest BCUT2D eigenvalue weighted by molar-refractivity contribution is 6.46. The number of Topliss-reactive ketones (excluding diaryl/α,β-unsaturated/α-hetero) is 1. The molecule has 10 nitrogen and oxygen atoms in total. The third-order valence-electron chi connectivity index (χ3n) is 6.04. The fourth-order valence-electron chi connectivity index (χ4n) is 4.23. The van der Waals surface area contributed by atoms with Gasteiger partial charge in [0.2, 0.25) is 0 Å². The highest BCUT2D eigenvalue weighted by Gasteiger charge is 2.46. The van der Waals surface area contributed by atoms with Gasteiger partial charge in [-0.2, -0.15) is 0 Å². The quantitative estimate of drug-likeness (QED) is 0.265. The molecular weight excluding hydrogens is 454 g/mol. The molecule has 1 atom stereocenters. The highest BCUT2D eigenvalue weighted by Crippen LogP contribution is 2.40. The minimum absolute atomic E-state index is 0.0961. The lowest BCUT2D eigenvalue weighted by Crippen LogP contribution is -2.35. The number of aliphatic hydroxyl groups is 1. The zero-order chi connectivity index (χ0) is 26.0. The SMILES string of the molecule is COC(=O)c1ccc([C@H]2C(=C(O)c3c(C)[nH]c(C(=O)OC)c3C)C(=O)C(=O)N2CCN(C)C)cc1. The zero-order valence-corrected chi connectivity index (χ0v) is 20.6. The number of methoxy groups -OCH3 is 2. The van der Waals surface area contributed by atoms with E-state index in [1.807, 2.05) is 19.0 Å². The van der Waals surface area contributed by atoms with Crippen molar-refractivity contribution < 1.29 is 33.8 Å². The number of likely N-dealkylation sites (tertiary alicyclic amines) is 1. The second-order valence-electron chi connectivity index (χ2n) is 8.53. The largest absolute Gasteiger partial charge is 0.507 e. The van der Waals surface area contributed by atoms with E-state index < -0.39 is 29.7 Å². The molecule has 2 N–H and O–H groups in total. The molecule has 0 unspecified atom stereocenters. The molecule has 0 saturated carbocycles. The average molecular weight is 484 g/mol. The summed E-state index contributed by atoms with van der Waals surface area (Å²) in [5, 5.41) is 11.4. The van der Waals surface area contributed by atoms with Gasteiger partial charge < -0.3 is 29.4 Å². The number of carbonyl (C=O) groups excluding carboxylic acids is 4. The number of ether oxygens (including phenoxy) is 2.